The van der Waals surface area contributed by atoms with Crippen LogP contribution in [-0.4, -0.2) is 10.5 Å². The number of anilines is 1. The number of nitrogens with zero attached hydrogens (tertiary/aromatic N) is 1. The molecule has 20 heavy (non-hydrogen) atoms. The van der Waals surface area contributed by atoms with Crippen LogP contribution in [0.2, 0.25) is 0 Å². The zero-order valence-electron chi connectivity index (χ0n) is 10.9. The molecule has 100 valence electrons. The fourth-order valence-electron chi connectivity index (χ4n) is 2.27. The molecule has 1 N–H and O–H groups in total. The molecule has 4 heteroatoms. The van der Waals surface area contributed by atoms with E-state index in [0.29, 0.717) is 5.56 Å². The fourth-order valence-corrected chi connectivity index (χ4v) is 2.54. The molecule has 0 bridgehead atoms. The third kappa shape index (κ3) is 2.34. The van der Waals surface area contributed by atoms with E-state index in [4.69, 9.17) is 0 Å². The molecule has 0 radical (unpaired) electrons. The second-order valence-electron chi connectivity index (χ2n) is 4.63. The molecule has 0 aliphatic rings. The first kappa shape index (κ1) is 12.9. The number of amides is 1. The number of hydrogen-bond acceptors (Lipinski definition) is 1. The van der Waals surface area contributed by atoms with Crippen molar-refractivity contribution in [1.29, 1.82) is 0 Å². The highest BCUT2D eigenvalue weighted by atomic mass is 79.9. The van der Waals surface area contributed by atoms with E-state index in [0.717, 1.165) is 21.1 Å². The number of fused-ring (bicyclic) bond motifs is 1. The van der Waals surface area contributed by atoms with Gasteiger partial charge in [-0.25, -0.2) is 0 Å². The summed E-state index contributed by atoms with van der Waals surface area (Å²) in [4.78, 5) is 12.4. The maximum atomic E-state index is 12.4. The number of para-hydroxylation sites is 1. The lowest BCUT2D eigenvalue weighted by Gasteiger charge is -2.08. The average Bonchev–Trinajstić information content (AvgIpc) is 2.83. The monoisotopic (exact) mass is 328 g/mol. The first-order valence-corrected chi connectivity index (χ1v) is 7.05. The number of hydrogen-bond donors (Lipinski definition) is 1. The smallest absolute Gasteiger partial charge is 0.257 e. The molecular formula is C16H13BrN2O. The summed E-state index contributed by atoms with van der Waals surface area (Å²) in [5.41, 5.74) is 2.41. The molecule has 0 aliphatic heterocycles. The van der Waals surface area contributed by atoms with Gasteiger partial charge in [0.1, 0.15) is 0 Å². The van der Waals surface area contributed by atoms with Gasteiger partial charge in [-0.15, -0.1) is 0 Å². The van der Waals surface area contributed by atoms with Crippen molar-refractivity contribution in [1.82, 2.24) is 4.57 Å². The van der Waals surface area contributed by atoms with Crippen LogP contribution in [0.4, 0.5) is 5.69 Å². The number of aromatic nitrogens is 1. The van der Waals surface area contributed by atoms with Crippen LogP contribution in [0, 0.1) is 0 Å². The van der Waals surface area contributed by atoms with Crippen LogP contribution >= 0.6 is 15.9 Å². The molecule has 0 fully saturated rings. The van der Waals surface area contributed by atoms with Crippen LogP contribution in [0.3, 0.4) is 0 Å². The summed E-state index contributed by atoms with van der Waals surface area (Å²) in [5.74, 6) is -0.0975. The Morgan fingerprint density at radius 3 is 2.60 bits per heavy atom. The molecule has 1 amide bonds. The Kier molecular flexibility index (Phi) is 3.32. The van der Waals surface area contributed by atoms with Gasteiger partial charge in [0.2, 0.25) is 0 Å². The fraction of sp³-hybridized carbons (Fsp3) is 0.0625. The Hall–Kier alpha value is -2.07. The molecule has 1 heterocycles. The summed E-state index contributed by atoms with van der Waals surface area (Å²) in [7, 11) is 1.94. The number of nitrogens with one attached hydrogen (secondary N) is 1. The Bertz CT molecular complexity index is 775. The van der Waals surface area contributed by atoms with Crippen molar-refractivity contribution >= 4 is 38.4 Å². The summed E-state index contributed by atoms with van der Waals surface area (Å²) < 4.78 is 2.95. The van der Waals surface area contributed by atoms with Crippen LogP contribution in [0.25, 0.3) is 10.9 Å². The van der Waals surface area contributed by atoms with Crippen LogP contribution in [-0.2, 0) is 7.05 Å². The third-order valence-corrected chi connectivity index (χ3v) is 3.77. The van der Waals surface area contributed by atoms with Gasteiger partial charge in [0.05, 0.1) is 11.1 Å². The van der Waals surface area contributed by atoms with E-state index in [1.54, 1.807) is 0 Å². The van der Waals surface area contributed by atoms with Gasteiger partial charge in [-0.3, -0.25) is 4.79 Å². The molecular weight excluding hydrogens is 316 g/mol. The summed E-state index contributed by atoms with van der Waals surface area (Å²) >= 11 is 3.38. The second kappa shape index (κ2) is 5.13. The van der Waals surface area contributed by atoms with E-state index in [-0.39, 0.29) is 5.91 Å². The molecule has 0 saturated heterocycles. The lowest BCUT2D eigenvalue weighted by Crippen LogP contribution is -2.13. The molecule has 3 nitrogen and oxygen atoms in total. The van der Waals surface area contributed by atoms with Gasteiger partial charge in [-0.1, -0.05) is 28.1 Å². The van der Waals surface area contributed by atoms with E-state index >= 15 is 0 Å². The number of benzene rings is 2. The molecule has 0 spiro atoms. The molecule has 1 aromatic heterocycles. The third-order valence-electron chi connectivity index (χ3n) is 3.24. The van der Waals surface area contributed by atoms with Crippen molar-refractivity contribution < 1.29 is 4.79 Å². The van der Waals surface area contributed by atoms with Gasteiger partial charge >= 0.3 is 0 Å². The zero-order valence-corrected chi connectivity index (χ0v) is 12.5. The van der Waals surface area contributed by atoms with Gasteiger partial charge in [0.25, 0.3) is 5.91 Å². The quantitative estimate of drug-likeness (QED) is 0.751. The minimum Gasteiger partial charge on any atom is -0.350 e. The summed E-state index contributed by atoms with van der Waals surface area (Å²) in [5, 5.41) is 3.99. The first-order chi connectivity index (χ1) is 9.65. The predicted octanol–water partition coefficient (Wildman–Crippen LogP) is 4.19. The predicted molar refractivity (Wildman–Crippen MR) is 85.0 cm³/mol. The number of aryl methyl sites for hydroxylation is 1. The summed E-state index contributed by atoms with van der Waals surface area (Å²) in [6.07, 6.45) is 1.96. The van der Waals surface area contributed by atoms with Gasteiger partial charge in [-0.2, -0.15) is 0 Å². The lowest BCUT2D eigenvalue weighted by atomic mass is 10.1. The van der Waals surface area contributed by atoms with E-state index in [2.05, 4.69) is 21.2 Å². The van der Waals surface area contributed by atoms with Crippen molar-refractivity contribution in [2.75, 3.05) is 5.32 Å². The molecule has 3 aromatic rings. The molecule has 2 aromatic carbocycles. The maximum Gasteiger partial charge on any atom is 0.257 e. The minimum atomic E-state index is -0.0975. The largest absolute Gasteiger partial charge is 0.350 e. The number of rotatable bonds is 2. The Labute approximate surface area is 125 Å². The Morgan fingerprint density at radius 2 is 1.85 bits per heavy atom. The van der Waals surface area contributed by atoms with Crippen molar-refractivity contribution in [3.05, 3.63) is 64.8 Å². The van der Waals surface area contributed by atoms with Crippen molar-refractivity contribution in [3.8, 4) is 0 Å². The zero-order chi connectivity index (χ0) is 14.1. The molecule has 0 unspecified atom stereocenters. The van der Waals surface area contributed by atoms with Crippen LogP contribution in [0.1, 0.15) is 10.4 Å². The van der Waals surface area contributed by atoms with E-state index < -0.39 is 0 Å². The standard InChI is InChI=1S/C16H13BrN2O/c1-19-10-9-11-3-2-4-14(15(11)19)16(20)18-13-7-5-12(17)6-8-13/h2-10H,1H3,(H,18,20). The van der Waals surface area contributed by atoms with E-state index in [1.165, 1.54) is 0 Å². The highest BCUT2D eigenvalue weighted by Crippen LogP contribution is 2.21. The van der Waals surface area contributed by atoms with Gasteiger partial charge < -0.3 is 9.88 Å². The van der Waals surface area contributed by atoms with E-state index in [1.807, 2.05) is 66.3 Å². The Balaban J connectivity index is 1.96. The van der Waals surface area contributed by atoms with Crippen molar-refractivity contribution in [2.24, 2.45) is 7.05 Å². The normalized spacial score (nSPS) is 10.7. The van der Waals surface area contributed by atoms with Crippen molar-refractivity contribution in [2.45, 2.75) is 0 Å². The lowest BCUT2D eigenvalue weighted by molar-refractivity contribution is 0.102. The van der Waals surface area contributed by atoms with Gasteiger partial charge in [-0.05, 0) is 36.4 Å². The molecule has 0 atom stereocenters. The maximum absolute atomic E-state index is 12.4. The van der Waals surface area contributed by atoms with Crippen LogP contribution < -0.4 is 5.32 Å². The number of halogens is 1. The second-order valence-corrected chi connectivity index (χ2v) is 5.55. The number of carbonyl (C=O) groups excluding carboxylic acids is 1. The highest BCUT2D eigenvalue weighted by Gasteiger charge is 2.12. The minimum absolute atomic E-state index is 0.0975. The van der Waals surface area contributed by atoms with E-state index in [9.17, 15) is 4.79 Å². The van der Waals surface area contributed by atoms with Gasteiger partial charge in [0, 0.05) is 28.8 Å². The molecule has 0 aliphatic carbocycles. The van der Waals surface area contributed by atoms with Crippen molar-refractivity contribution in [3.63, 3.8) is 0 Å². The summed E-state index contributed by atoms with van der Waals surface area (Å²) in [6.45, 7) is 0. The number of carbonyl (C=O) groups is 1. The first-order valence-electron chi connectivity index (χ1n) is 6.26. The van der Waals surface area contributed by atoms with Crippen LogP contribution in [0.5, 0.6) is 0 Å². The summed E-state index contributed by atoms with van der Waals surface area (Å²) in [6, 6.07) is 15.3. The molecule has 0 saturated carbocycles. The average molecular weight is 329 g/mol. The van der Waals surface area contributed by atoms with Crippen LogP contribution in [0.15, 0.2) is 59.2 Å². The van der Waals surface area contributed by atoms with Gasteiger partial charge in [0.15, 0.2) is 0 Å². The molecule has 3 rings (SSSR count). The Morgan fingerprint density at radius 1 is 1.10 bits per heavy atom. The highest BCUT2D eigenvalue weighted by molar-refractivity contribution is 9.10. The SMILES string of the molecule is Cn1ccc2cccc(C(=O)Nc3ccc(Br)cc3)c21. The topological polar surface area (TPSA) is 34.0 Å².